The molecule has 0 aliphatic heterocycles. The van der Waals surface area contributed by atoms with Crippen LogP contribution in [0.5, 0.6) is 0 Å². The van der Waals surface area contributed by atoms with Crippen molar-refractivity contribution in [3.63, 3.8) is 0 Å². The van der Waals surface area contributed by atoms with Crippen LogP contribution in [0.2, 0.25) is 0 Å². The maximum Gasteiger partial charge on any atom is 0.120 e. The normalized spacial score (nSPS) is 12.5. The minimum absolute atomic E-state index is 0.346. The Kier molecular flexibility index (Phi) is 3.87. The molecular formula is C13H18O. The Bertz CT molecular complexity index is 315. The molecule has 0 aliphatic carbocycles. The van der Waals surface area contributed by atoms with Crippen molar-refractivity contribution in [1.29, 1.82) is 0 Å². The lowest BCUT2D eigenvalue weighted by molar-refractivity contribution is -0.108. The Hall–Kier alpha value is -1.11. The Morgan fingerprint density at radius 2 is 2.14 bits per heavy atom. The first-order valence-electron chi connectivity index (χ1n) is 5.22. The van der Waals surface area contributed by atoms with E-state index in [1.54, 1.807) is 0 Å². The van der Waals surface area contributed by atoms with Crippen LogP contribution in [-0.2, 0) is 11.2 Å². The van der Waals surface area contributed by atoms with Crippen molar-refractivity contribution in [3.05, 3.63) is 34.9 Å². The molecule has 1 atom stereocenters. The monoisotopic (exact) mass is 190 g/mol. The molecule has 0 saturated heterocycles. The van der Waals surface area contributed by atoms with Crippen LogP contribution in [0.1, 0.15) is 42.9 Å². The van der Waals surface area contributed by atoms with Gasteiger partial charge in [0.05, 0.1) is 0 Å². The van der Waals surface area contributed by atoms with Crippen molar-refractivity contribution < 1.29 is 4.79 Å². The predicted molar refractivity (Wildman–Crippen MR) is 59.7 cm³/mol. The van der Waals surface area contributed by atoms with Crippen LogP contribution in [0, 0.1) is 6.92 Å². The van der Waals surface area contributed by atoms with Gasteiger partial charge in [-0.25, -0.2) is 0 Å². The molecule has 14 heavy (non-hydrogen) atoms. The average molecular weight is 190 g/mol. The van der Waals surface area contributed by atoms with Crippen molar-refractivity contribution in [2.75, 3.05) is 0 Å². The van der Waals surface area contributed by atoms with E-state index < -0.39 is 0 Å². The molecule has 76 valence electrons. The fourth-order valence-corrected chi connectivity index (χ4v) is 1.66. The number of hydrogen-bond acceptors (Lipinski definition) is 1. The van der Waals surface area contributed by atoms with Gasteiger partial charge in [0.1, 0.15) is 6.29 Å². The number of aldehydes is 1. The van der Waals surface area contributed by atoms with E-state index in [9.17, 15) is 4.79 Å². The second-order valence-electron chi connectivity index (χ2n) is 3.84. The van der Waals surface area contributed by atoms with Gasteiger partial charge in [-0.2, -0.15) is 0 Å². The molecule has 1 aromatic carbocycles. The van der Waals surface area contributed by atoms with Crippen LogP contribution in [0.4, 0.5) is 0 Å². The molecule has 0 N–H and O–H groups in total. The van der Waals surface area contributed by atoms with Gasteiger partial charge >= 0.3 is 0 Å². The summed E-state index contributed by atoms with van der Waals surface area (Å²) in [6, 6.07) is 6.50. The number of hydrogen-bond donors (Lipinski definition) is 0. The second-order valence-corrected chi connectivity index (χ2v) is 3.84. The Labute approximate surface area is 86.1 Å². The van der Waals surface area contributed by atoms with Crippen LogP contribution in [0.15, 0.2) is 18.2 Å². The van der Waals surface area contributed by atoms with E-state index in [-0.39, 0.29) is 0 Å². The summed E-state index contributed by atoms with van der Waals surface area (Å²) in [5.74, 6) is 0.346. The number of benzene rings is 1. The third kappa shape index (κ3) is 2.44. The topological polar surface area (TPSA) is 17.1 Å². The highest BCUT2D eigenvalue weighted by Crippen LogP contribution is 2.21. The molecule has 0 saturated carbocycles. The number of carbonyl (C=O) groups excluding carboxylic acids is 1. The molecule has 1 nitrogen and oxygen atoms in total. The molecule has 1 aromatic rings. The van der Waals surface area contributed by atoms with Crippen molar-refractivity contribution in [2.45, 2.75) is 39.5 Å². The average Bonchev–Trinajstić information content (AvgIpc) is 2.19. The lowest BCUT2D eigenvalue weighted by Crippen LogP contribution is -1.97. The molecular weight excluding hydrogens is 172 g/mol. The van der Waals surface area contributed by atoms with Gasteiger partial charge in [-0.1, -0.05) is 32.0 Å². The predicted octanol–water partition coefficient (Wildman–Crippen LogP) is 3.25. The molecule has 1 unspecified atom stereocenters. The van der Waals surface area contributed by atoms with E-state index in [1.165, 1.54) is 16.7 Å². The van der Waals surface area contributed by atoms with Crippen LogP contribution in [0.25, 0.3) is 0 Å². The number of rotatable bonds is 4. The molecule has 1 rings (SSSR count). The summed E-state index contributed by atoms with van der Waals surface area (Å²) in [5.41, 5.74) is 4.01. The quantitative estimate of drug-likeness (QED) is 0.666. The van der Waals surface area contributed by atoms with Crippen molar-refractivity contribution in [1.82, 2.24) is 0 Å². The first kappa shape index (κ1) is 11.0. The summed E-state index contributed by atoms with van der Waals surface area (Å²) in [6.07, 6.45) is 2.68. The van der Waals surface area contributed by atoms with Gasteiger partial charge in [0.25, 0.3) is 0 Å². The highest BCUT2D eigenvalue weighted by atomic mass is 16.1. The fourth-order valence-electron chi connectivity index (χ4n) is 1.66. The van der Waals surface area contributed by atoms with E-state index in [2.05, 4.69) is 39.0 Å². The van der Waals surface area contributed by atoms with Crippen LogP contribution in [-0.4, -0.2) is 6.29 Å². The van der Waals surface area contributed by atoms with Gasteiger partial charge in [0.2, 0.25) is 0 Å². The van der Waals surface area contributed by atoms with E-state index in [4.69, 9.17) is 0 Å². The SMILES string of the molecule is CCc1cc(C(C)CC=O)ccc1C. The fraction of sp³-hybridized carbons (Fsp3) is 0.462. The highest BCUT2D eigenvalue weighted by Gasteiger charge is 2.06. The van der Waals surface area contributed by atoms with Crippen LogP contribution < -0.4 is 0 Å². The van der Waals surface area contributed by atoms with Crippen molar-refractivity contribution in [2.24, 2.45) is 0 Å². The van der Waals surface area contributed by atoms with Crippen molar-refractivity contribution >= 4 is 6.29 Å². The summed E-state index contributed by atoms with van der Waals surface area (Å²) >= 11 is 0. The Balaban J connectivity index is 2.93. The zero-order valence-electron chi connectivity index (χ0n) is 9.21. The van der Waals surface area contributed by atoms with Gasteiger partial charge < -0.3 is 4.79 Å². The Morgan fingerprint density at radius 3 is 2.71 bits per heavy atom. The van der Waals surface area contributed by atoms with Gasteiger partial charge in [-0.15, -0.1) is 0 Å². The largest absolute Gasteiger partial charge is 0.303 e. The summed E-state index contributed by atoms with van der Waals surface area (Å²) in [6.45, 7) is 6.39. The first-order valence-corrected chi connectivity index (χ1v) is 5.22. The van der Waals surface area contributed by atoms with Crippen LogP contribution >= 0.6 is 0 Å². The standard InChI is InChI=1S/C13H18O/c1-4-12-9-13(6-5-10(12)2)11(3)7-8-14/h5-6,8-9,11H,4,7H2,1-3H3. The first-order chi connectivity index (χ1) is 6.69. The summed E-state index contributed by atoms with van der Waals surface area (Å²) in [5, 5.41) is 0. The van der Waals surface area contributed by atoms with Gasteiger partial charge in [0.15, 0.2) is 0 Å². The third-order valence-electron chi connectivity index (χ3n) is 2.77. The second kappa shape index (κ2) is 4.94. The molecule has 0 amide bonds. The Morgan fingerprint density at radius 1 is 1.43 bits per heavy atom. The molecule has 0 fully saturated rings. The van der Waals surface area contributed by atoms with E-state index in [0.29, 0.717) is 12.3 Å². The lowest BCUT2D eigenvalue weighted by Gasteiger charge is -2.11. The number of carbonyl (C=O) groups is 1. The maximum absolute atomic E-state index is 10.4. The number of aryl methyl sites for hydroxylation is 2. The summed E-state index contributed by atoms with van der Waals surface area (Å²) in [7, 11) is 0. The van der Waals surface area contributed by atoms with Gasteiger partial charge in [-0.05, 0) is 36.0 Å². The van der Waals surface area contributed by atoms with Gasteiger partial charge in [0, 0.05) is 6.42 Å². The molecule has 1 heteroatoms. The summed E-state index contributed by atoms with van der Waals surface area (Å²) in [4.78, 5) is 10.4. The highest BCUT2D eigenvalue weighted by molar-refractivity contribution is 5.51. The molecule has 0 heterocycles. The smallest absolute Gasteiger partial charge is 0.120 e. The van der Waals surface area contributed by atoms with Crippen molar-refractivity contribution in [3.8, 4) is 0 Å². The molecule has 0 aromatic heterocycles. The van der Waals surface area contributed by atoms with Crippen LogP contribution in [0.3, 0.4) is 0 Å². The molecule has 0 aliphatic rings. The minimum Gasteiger partial charge on any atom is -0.303 e. The van der Waals surface area contributed by atoms with E-state index in [1.807, 2.05) is 0 Å². The zero-order chi connectivity index (χ0) is 10.6. The van der Waals surface area contributed by atoms with Gasteiger partial charge in [-0.3, -0.25) is 0 Å². The minimum atomic E-state index is 0.346. The zero-order valence-corrected chi connectivity index (χ0v) is 9.21. The van der Waals surface area contributed by atoms with E-state index in [0.717, 1.165) is 12.7 Å². The maximum atomic E-state index is 10.4. The lowest BCUT2D eigenvalue weighted by atomic mass is 9.94. The van der Waals surface area contributed by atoms with E-state index >= 15 is 0 Å². The molecule has 0 bridgehead atoms. The third-order valence-corrected chi connectivity index (χ3v) is 2.77. The molecule has 0 radical (unpaired) electrons. The summed E-state index contributed by atoms with van der Waals surface area (Å²) < 4.78 is 0. The molecule has 0 spiro atoms.